The first-order valence-electron chi connectivity index (χ1n) is 5.38. The van der Waals surface area contributed by atoms with Crippen LogP contribution in [-0.2, 0) is 4.74 Å². The van der Waals surface area contributed by atoms with Crippen LogP contribution in [0, 0.1) is 0 Å². The Balaban J connectivity index is 2.38. The van der Waals surface area contributed by atoms with E-state index in [1.54, 1.807) is 6.20 Å². The zero-order chi connectivity index (χ0) is 12.7. The molecule has 0 aromatic carbocycles. The fourth-order valence-corrected chi connectivity index (χ4v) is 2.15. The van der Waals surface area contributed by atoms with Crippen LogP contribution in [0.15, 0.2) is 16.7 Å². The lowest BCUT2D eigenvalue weighted by molar-refractivity contribution is 0.0928. The van der Waals surface area contributed by atoms with Gasteiger partial charge in [0, 0.05) is 23.3 Å². The third-order valence-corrected chi connectivity index (χ3v) is 2.92. The van der Waals surface area contributed by atoms with E-state index in [2.05, 4.69) is 26.2 Å². The fourth-order valence-electron chi connectivity index (χ4n) is 1.35. The van der Waals surface area contributed by atoms with Gasteiger partial charge in [-0.2, -0.15) is 0 Å². The van der Waals surface area contributed by atoms with Gasteiger partial charge in [-0.1, -0.05) is 11.6 Å². The van der Waals surface area contributed by atoms with Gasteiger partial charge in [-0.15, -0.1) is 0 Å². The topological polar surface area (TPSA) is 54.4 Å². The highest BCUT2D eigenvalue weighted by Crippen LogP contribution is 2.23. The molecule has 0 saturated carbocycles. The summed E-state index contributed by atoms with van der Waals surface area (Å²) in [4.78, 5) is 4.27. The number of rotatable bonds is 7. The number of nitrogens with one attached hydrogen (secondary N) is 1. The lowest BCUT2D eigenvalue weighted by atomic mass is 10.2. The van der Waals surface area contributed by atoms with Crippen LogP contribution in [-0.4, -0.2) is 36.5 Å². The lowest BCUT2D eigenvalue weighted by Crippen LogP contribution is -2.24. The van der Waals surface area contributed by atoms with E-state index >= 15 is 0 Å². The molecule has 2 N–H and O–H groups in total. The van der Waals surface area contributed by atoms with Gasteiger partial charge < -0.3 is 15.2 Å². The number of hydrogen-bond acceptors (Lipinski definition) is 4. The number of aromatic nitrogens is 1. The van der Waals surface area contributed by atoms with Crippen molar-refractivity contribution in [3.05, 3.63) is 27.5 Å². The van der Waals surface area contributed by atoms with E-state index in [9.17, 15) is 0 Å². The second-order valence-electron chi connectivity index (χ2n) is 3.53. The largest absolute Gasteiger partial charge is 0.394 e. The summed E-state index contributed by atoms with van der Waals surface area (Å²) in [6.07, 6.45) is 1.72. The molecule has 96 valence electrons. The second kappa shape index (κ2) is 8.00. The van der Waals surface area contributed by atoms with Gasteiger partial charge in [0.15, 0.2) is 0 Å². The van der Waals surface area contributed by atoms with E-state index in [-0.39, 0.29) is 12.6 Å². The molecule has 6 heteroatoms. The Morgan fingerprint density at radius 3 is 3.00 bits per heavy atom. The molecule has 0 fully saturated rings. The van der Waals surface area contributed by atoms with E-state index in [0.29, 0.717) is 24.8 Å². The molecule has 0 radical (unpaired) electrons. The summed E-state index contributed by atoms with van der Waals surface area (Å²) in [5.41, 5.74) is 0.817. The van der Waals surface area contributed by atoms with Crippen LogP contribution in [0.5, 0.6) is 0 Å². The Labute approximate surface area is 114 Å². The van der Waals surface area contributed by atoms with Crippen molar-refractivity contribution < 1.29 is 9.84 Å². The van der Waals surface area contributed by atoms with E-state index < -0.39 is 0 Å². The van der Waals surface area contributed by atoms with Crippen molar-refractivity contribution in [3.63, 3.8) is 0 Å². The molecule has 1 atom stereocenters. The SMILES string of the molecule is CC(NCCOCCO)c1ncc(Br)cc1Cl. The standard InChI is InChI=1S/C11H16BrClN2O2/c1-8(14-2-4-17-5-3-16)11-10(13)6-9(12)7-15-11/h6-8,14,16H,2-5H2,1H3. The predicted molar refractivity (Wildman–Crippen MR) is 71.3 cm³/mol. The quantitative estimate of drug-likeness (QED) is 0.755. The fraction of sp³-hybridized carbons (Fsp3) is 0.545. The third kappa shape index (κ3) is 5.31. The molecule has 1 unspecified atom stereocenters. The number of hydrogen-bond donors (Lipinski definition) is 2. The van der Waals surface area contributed by atoms with Gasteiger partial charge in [0.05, 0.1) is 30.5 Å². The lowest BCUT2D eigenvalue weighted by Gasteiger charge is -2.14. The van der Waals surface area contributed by atoms with Crippen LogP contribution in [0.1, 0.15) is 18.7 Å². The van der Waals surface area contributed by atoms with Crippen molar-refractivity contribution in [2.24, 2.45) is 0 Å². The van der Waals surface area contributed by atoms with Crippen LogP contribution in [0.2, 0.25) is 5.02 Å². The van der Waals surface area contributed by atoms with Gasteiger partial charge in [0.25, 0.3) is 0 Å². The minimum atomic E-state index is 0.0512. The summed E-state index contributed by atoms with van der Waals surface area (Å²) < 4.78 is 6.01. The number of nitrogens with zero attached hydrogens (tertiary/aromatic N) is 1. The monoisotopic (exact) mass is 322 g/mol. The van der Waals surface area contributed by atoms with Crippen LogP contribution in [0.4, 0.5) is 0 Å². The maximum Gasteiger partial charge on any atom is 0.0757 e. The number of pyridine rings is 1. The number of halogens is 2. The minimum Gasteiger partial charge on any atom is -0.394 e. The van der Waals surface area contributed by atoms with Crippen molar-refractivity contribution in [3.8, 4) is 0 Å². The van der Waals surface area contributed by atoms with Crippen LogP contribution in [0.3, 0.4) is 0 Å². The average Bonchev–Trinajstić information content (AvgIpc) is 2.28. The number of aliphatic hydroxyl groups is 1. The van der Waals surface area contributed by atoms with Crippen LogP contribution in [0.25, 0.3) is 0 Å². The molecule has 1 rings (SSSR count). The van der Waals surface area contributed by atoms with Crippen molar-refractivity contribution in [1.82, 2.24) is 10.3 Å². The summed E-state index contributed by atoms with van der Waals surface area (Å²) in [6.45, 7) is 3.66. The highest BCUT2D eigenvalue weighted by Gasteiger charge is 2.10. The van der Waals surface area contributed by atoms with Crippen molar-refractivity contribution in [2.45, 2.75) is 13.0 Å². The molecule has 1 aromatic rings. The number of aliphatic hydroxyl groups excluding tert-OH is 1. The first-order valence-corrected chi connectivity index (χ1v) is 6.55. The van der Waals surface area contributed by atoms with E-state index in [0.717, 1.165) is 10.2 Å². The molecule has 0 aliphatic carbocycles. The van der Waals surface area contributed by atoms with Crippen LogP contribution >= 0.6 is 27.5 Å². The third-order valence-electron chi connectivity index (χ3n) is 2.18. The smallest absolute Gasteiger partial charge is 0.0757 e. The average molecular weight is 324 g/mol. The Hall–Kier alpha value is -0.200. The molecular formula is C11H16BrClN2O2. The summed E-state index contributed by atoms with van der Waals surface area (Å²) in [7, 11) is 0. The summed E-state index contributed by atoms with van der Waals surface area (Å²) >= 11 is 9.41. The van der Waals surface area contributed by atoms with Gasteiger partial charge in [-0.05, 0) is 28.9 Å². The van der Waals surface area contributed by atoms with Crippen molar-refractivity contribution in [1.29, 1.82) is 0 Å². The predicted octanol–water partition coefficient (Wildman–Crippen LogP) is 2.16. The van der Waals surface area contributed by atoms with Gasteiger partial charge in [0.2, 0.25) is 0 Å². The number of ether oxygens (including phenoxy) is 1. The Bertz CT molecular complexity index is 352. The molecule has 0 amide bonds. The summed E-state index contributed by atoms with van der Waals surface area (Å²) in [5.74, 6) is 0. The zero-order valence-corrected chi connectivity index (χ0v) is 12.0. The normalized spacial score (nSPS) is 12.7. The zero-order valence-electron chi connectivity index (χ0n) is 9.62. The van der Waals surface area contributed by atoms with Gasteiger partial charge in [0.1, 0.15) is 0 Å². The molecule has 0 bridgehead atoms. The molecule has 17 heavy (non-hydrogen) atoms. The minimum absolute atomic E-state index is 0.0512. The first kappa shape index (κ1) is 14.9. The molecule has 1 aromatic heterocycles. The summed E-state index contributed by atoms with van der Waals surface area (Å²) in [5, 5.41) is 12.4. The first-order chi connectivity index (χ1) is 8.15. The maximum absolute atomic E-state index is 8.54. The molecule has 0 saturated heterocycles. The Morgan fingerprint density at radius 2 is 2.35 bits per heavy atom. The van der Waals surface area contributed by atoms with Gasteiger partial charge in [-0.25, -0.2) is 0 Å². The second-order valence-corrected chi connectivity index (χ2v) is 4.86. The Morgan fingerprint density at radius 1 is 1.59 bits per heavy atom. The molecule has 0 aliphatic rings. The molecule has 1 heterocycles. The summed E-state index contributed by atoms with van der Waals surface area (Å²) in [6, 6.07) is 1.89. The molecule has 0 aliphatic heterocycles. The molecular weight excluding hydrogens is 307 g/mol. The van der Waals surface area contributed by atoms with Crippen molar-refractivity contribution in [2.75, 3.05) is 26.4 Å². The van der Waals surface area contributed by atoms with Crippen molar-refractivity contribution >= 4 is 27.5 Å². The molecule has 0 spiro atoms. The van der Waals surface area contributed by atoms with E-state index in [1.165, 1.54) is 0 Å². The highest BCUT2D eigenvalue weighted by molar-refractivity contribution is 9.10. The Kier molecular flexibility index (Phi) is 6.99. The van der Waals surface area contributed by atoms with E-state index in [1.807, 2.05) is 13.0 Å². The highest BCUT2D eigenvalue weighted by atomic mass is 79.9. The molecule has 4 nitrogen and oxygen atoms in total. The van der Waals surface area contributed by atoms with Gasteiger partial charge >= 0.3 is 0 Å². The van der Waals surface area contributed by atoms with Gasteiger partial charge in [-0.3, -0.25) is 4.98 Å². The maximum atomic E-state index is 8.54. The van der Waals surface area contributed by atoms with Crippen LogP contribution < -0.4 is 5.32 Å². The van der Waals surface area contributed by atoms with E-state index in [4.69, 9.17) is 21.4 Å².